The summed E-state index contributed by atoms with van der Waals surface area (Å²) in [7, 11) is -0.950. The average Bonchev–Trinajstić information content (AvgIpc) is 2.67. The normalized spacial score (nSPS) is 16.5. The molecule has 3 nitrogen and oxygen atoms in total. The Bertz CT molecular complexity index is 626. The minimum absolute atomic E-state index is 0.0464. The van der Waals surface area contributed by atoms with Crippen LogP contribution in [-0.4, -0.2) is 25.3 Å². The number of halogens is 2. The molecule has 0 saturated heterocycles. The molecular formula is C13H16ClFN2OS. The molecule has 0 aliphatic rings. The number of fused-ring (bicyclic) bond motifs is 1. The van der Waals surface area contributed by atoms with Gasteiger partial charge in [0.15, 0.2) is 0 Å². The van der Waals surface area contributed by atoms with Crippen molar-refractivity contribution in [2.45, 2.75) is 31.0 Å². The van der Waals surface area contributed by atoms with E-state index in [-0.39, 0.29) is 16.4 Å². The van der Waals surface area contributed by atoms with Gasteiger partial charge in [-0.1, -0.05) is 0 Å². The molecule has 1 heterocycles. The van der Waals surface area contributed by atoms with Gasteiger partial charge in [-0.2, -0.15) is 0 Å². The SMILES string of the molecule is CC(Cl)c1nc2ccc(F)cc2n1CC(C)S(C)=O. The second-order valence-electron chi connectivity index (χ2n) is 4.64. The van der Waals surface area contributed by atoms with E-state index in [4.69, 9.17) is 11.6 Å². The molecule has 3 atom stereocenters. The molecule has 0 amide bonds. The molecule has 0 bridgehead atoms. The van der Waals surface area contributed by atoms with E-state index in [0.29, 0.717) is 23.4 Å². The third-order valence-corrected chi connectivity index (χ3v) is 4.58. The topological polar surface area (TPSA) is 34.9 Å². The zero-order chi connectivity index (χ0) is 14.2. The van der Waals surface area contributed by atoms with E-state index in [1.54, 1.807) is 12.3 Å². The zero-order valence-electron chi connectivity index (χ0n) is 11.1. The van der Waals surface area contributed by atoms with Gasteiger partial charge in [0.1, 0.15) is 11.6 Å². The van der Waals surface area contributed by atoms with Crippen LogP contribution in [0.3, 0.4) is 0 Å². The minimum Gasteiger partial charge on any atom is -0.325 e. The van der Waals surface area contributed by atoms with E-state index < -0.39 is 10.8 Å². The molecule has 0 fully saturated rings. The highest BCUT2D eigenvalue weighted by atomic mass is 35.5. The lowest BCUT2D eigenvalue weighted by molar-refractivity contribution is 0.621. The molecule has 0 radical (unpaired) electrons. The summed E-state index contributed by atoms with van der Waals surface area (Å²) in [6.07, 6.45) is 1.66. The maximum atomic E-state index is 13.4. The molecule has 1 aromatic heterocycles. The fourth-order valence-corrected chi connectivity index (χ4v) is 2.50. The second-order valence-corrected chi connectivity index (χ2v) is 7.10. The molecule has 104 valence electrons. The Hall–Kier alpha value is -0.940. The lowest BCUT2D eigenvalue weighted by atomic mass is 10.3. The van der Waals surface area contributed by atoms with Crippen molar-refractivity contribution < 1.29 is 8.60 Å². The van der Waals surface area contributed by atoms with Crippen LogP contribution >= 0.6 is 11.6 Å². The van der Waals surface area contributed by atoms with Gasteiger partial charge in [-0.05, 0) is 32.0 Å². The van der Waals surface area contributed by atoms with Crippen LogP contribution in [0.25, 0.3) is 11.0 Å². The van der Waals surface area contributed by atoms with Gasteiger partial charge in [0.05, 0.1) is 16.4 Å². The predicted octanol–water partition coefficient (Wildman–Crippen LogP) is 3.24. The van der Waals surface area contributed by atoms with E-state index in [1.165, 1.54) is 12.1 Å². The van der Waals surface area contributed by atoms with E-state index >= 15 is 0 Å². The molecule has 19 heavy (non-hydrogen) atoms. The fourth-order valence-electron chi connectivity index (χ4n) is 1.97. The van der Waals surface area contributed by atoms with Gasteiger partial charge in [-0.3, -0.25) is 4.21 Å². The summed E-state index contributed by atoms with van der Waals surface area (Å²) in [6.45, 7) is 4.22. The molecule has 3 unspecified atom stereocenters. The van der Waals surface area contributed by atoms with Crippen molar-refractivity contribution >= 4 is 33.4 Å². The van der Waals surface area contributed by atoms with Crippen LogP contribution in [0.4, 0.5) is 4.39 Å². The molecule has 2 rings (SSSR count). The molecule has 0 saturated carbocycles. The molecule has 6 heteroatoms. The van der Waals surface area contributed by atoms with Crippen molar-refractivity contribution in [1.29, 1.82) is 0 Å². The van der Waals surface area contributed by atoms with E-state index in [1.807, 2.05) is 18.4 Å². The first kappa shape index (κ1) is 14.5. The maximum Gasteiger partial charge on any atom is 0.127 e. The lowest BCUT2D eigenvalue weighted by Crippen LogP contribution is -2.19. The molecular weight excluding hydrogens is 287 g/mol. The standard InChI is InChI=1S/C13H16ClFN2OS/c1-8(19(3)18)7-17-12-6-10(15)4-5-11(12)16-13(17)9(2)14/h4-6,8-9H,7H2,1-3H3. The molecule has 0 aliphatic heterocycles. The first-order chi connectivity index (χ1) is 8.90. The van der Waals surface area contributed by atoms with Crippen molar-refractivity contribution in [3.8, 4) is 0 Å². The summed E-state index contributed by atoms with van der Waals surface area (Å²) < 4.78 is 26.8. The van der Waals surface area contributed by atoms with E-state index in [2.05, 4.69) is 4.98 Å². The van der Waals surface area contributed by atoms with Crippen molar-refractivity contribution in [2.75, 3.05) is 6.26 Å². The third-order valence-electron chi connectivity index (χ3n) is 3.10. The number of nitrogens with zero attached hydrogens (tertiary/aromatic N) is 2. The first-order valence-electron chi connectivity index (χ1n) is 6.02. The van der Waals surface area contributed by atoms with E-state index in [9.17, 15) is 8.60 Å². The minimum atomic E-state index is -0.950. The second kappa shape index (κ2) is 5.59. The van der Waals surface area contributed by atoms with Gasteiger partial charge >= 0.3 is 0 Å². The molecule has 0 aliphatic carbocycles. The summed E-state index contributed by atoms with van der Waals surface area (Å²) in [5.74, 6) is 0.368. The van der Waals surface area contributed by atoms with Gasteiger partial charge in [0.2, 0.25) is 0 Å². The highest BCUT2D eigenvalue weighted by Gasteiger charge is 2.18. The Balaban J connectivity index is 2.57. The van der Waals surface area contributed by atoms with Crippen LogP contribution < -0.4 is 0 Å². The number of aromatic nitrogens is 2. The van der Waals surface area contributed by atoms with Gasteiger partial charge in [-0.25, -0.2) is 9.37 Å². The zero-order valence-corrected chi connectivity index (χ0v) is 12.6. The molecule has 1 aromatic carbocycles. The smallest absolute Gasteiger partial charge is 0.127 e. The quantitative estimate of drug-likeness (QED) is 0.813. The van der Waals surface area contributed by atoms with Gasteiger partial charge in [0, 0.05) is 28.9 Å². The van der Waals surface area contributed by atoms with E-state index in [0.717, 1.165) is 0 Å². The van der Waals surface area contributed by atoms with Crippen molar-refractivity contribution in [1.82, 2.24) is 9.55 Å². The highest BCUT2D eigenvalue weighted by molar-refractivity contribution is 7.84. The van der Waals surface area contributed by atoms with Gasteiger partial charge in [-0.15, -0.1) is 11.6 Å². The average molecular weight is 303 g/mol. The summed E-state index contributed by atoms with van der Waals surface area (Å²) in [4.78, 5) is 4.43. The summed E-state index contributed by atoms with van der Waals surface area (Å²) in [5.41, 5.74) is 1.40. The molecule has 0 N–H and O–H groups in total. The lowest BCUT2D eigenvalue weighted by Gasteiger charge is -2.14. The monoisotopic (exact) mass is 302 g/mol. The van der Waals surface area contributed by atoms with Crippen molar-refractivity contribution in [3.05, 3.63) is 29.8 Å². The number of benzene rings is 1. The number of hydrogen-bond acceptors (Lipinski definition) is 2. The van der Waals surface area contributed by atoms with Crippen molar-refractivity contribution in [3.63, 3.8) is 0 Å². The van der Waals surface area contributed by atoms with Crippen LogP contribution in [0.15, 0.2) is 18.2 Å². The van der Waals surface area contributed by atoms with Crippen LogP contribution in [0.2, 0.25) is 0 Å². The van der Waals surface area contributed by atoms with Crippen LogP contribution in [0.1, 0.15) is 25.0 Å². The van der Waals surface area contributed by atoms with Crippen molar-refractivity contribution in [2.24, 2.45) is 0 Å². The third kappa shape index (κ3) is 2.98. The number of imidazole rings is 1. The fraction of sp³-hybridized carbons (Fsp3) is 0.462. The Kier molecular flexibility index (Phi) is 4.26. The van der Waals surface area contributed by atoms with Crippen LogP contribution in [0, 0.1) is 5.82 Å². The van der Waals surface area contributed by atoms with Crippen LogP contribution in [-0.2, 0) is 17.3 Å². The molecule has 0 spiro atoms. The Morgan fingerprint density at radius 2 is 2.16 bits per heavy atom. The number of alkyl halides is 1. The summed E-state index contributed by atoms with van der Waals surface area (Å²) in [5, 5.41) is -0.331. The highest BCUT2D eigenvalue weighted by Crippen LogP contribution is 2.25. The molecule has 2 aromatic rings. The Morgan fingerprint density at radius 3 is 2.74 bits per heavy atom. The Labute approximate surface area is 119 Å². The van der Waals surface area contributed by atoms with Gasteiger partial charge in [0.25, 0.3) is 0 Å². The number of hydrogen-bond donors (Lipinski definition) is 0. The summed E-state index contributed by atoms with van der Waals surface area (Å²) >= 11 is 6.13. The van der Waals surface area contributed by atoms with Gasteiger partial charge < -0.3 is 4.57 Å². The van der Waals surface area contributed by atoms with Crippen LogP contribution in [0.5, 0.6) is 0 Å². The first-order valence-corrected chi connectivity index (χ1v) is 8.08. The Morgan fingerprint density at radius 1 is 1.47 bits per heavy atom. The largest absolute Gasteiger partial charge is 0.325 e. The predicted molar refractivity (Wildman–Crippen MR) is 77.5 cm³/mol. The summed E-state index contributed by atoms with van der Waals surface area (Å²) in [6, 6.07) is 4.46. The maximum absolute atomic E-state index is 13.4. The number of rotatable bonds is 4.